The van der Waals surface area contributed by atoms with Crippen LogP contribution in [0.15, 0.2) is 18.2 Å². The van der Waals surface area contributed by atoms with Crippen molar-refractivity contribution < 1.29 is 42.4 Å². The number of phenols is 1. The van der Waals surface area contributed by atoms with E-state index in [0.717, 1.165) is 36.4 Å². The standard InChI is InChI=1S/C20H23NO4.C2HF3O2/c1-21-9-12-5-11-6-15(23-2)16(24-3)8-14(11)19-18(12)13(10-21)7-17(25-4)20(19)22;3-2(4,5)1(6)7/h6-8,12,22H,5,9-10H2,1-4H3;(H,6,7). The fraction of sp³-hybridized carbons (Fsp3) is 0.409. The zero-order chi connectivity index (χ0) is 23.8. The highest BCUT2D eigenvalue weighted by atomic mass is 19.4. The number of fused-ring (bicyclic) bond motifs is 2. The number of methoxy groups -OCH3 is 3. The van der Waals surface area contributed by atoms with Crippen LogP contribution in [0.25, 0.3) is 11.1 Å². The smallest absolute Gasteiger partial charge is 0.490 e. The largest absolute Gasteiger partial charge is 0.504 e. The Hall–Kier alpha value is -3.14. The van der Waals surface area contributed by atoms with Gasteiger partial charge in [0.25, 0.3) is 0 Å². The number of hydrogen-bond acceptors (Lipinski definition) is 6. The summed E-state index contributed by atoms with van der Waals surface area (Å²) in [6, 6.07) is 5.98. The number of phenolic OH excluding ortho intramolecular Hbond substituents is 1. The van der Waals surface area contributed by atoms with Crippen LogP contribution in [0.2, 0.25) is 0 Å². The molecule has 0 saturated heterocycles. The molecule has 1 aliphatic heterocycles. The number of ether oxygens (including phenoxy) is 3. The predicted octanol–water partition coefficient (Wildman–Crippen LogP) is 3.80. The Labute approximate surface area is 182 Å². The molecule has 4 rings (SSSR count). The summed E-state index contributed by atoms with van der Waals surface area (Å²) >= 11 is 0. The SMILES string of the molecule is COc1cc2c(cc1OC)-c1c(O)c(OC)cc3c1C(C2)CN(C)C3.O=C(O)C(F)(F)F. The van der Waals surface area contributed by atoms with Crippen molar-refractivity contribution in [1.29, 1.82) is 0 Å². The molecule has 0 bridgehead atoms. The number of carboxylic acid groups (broad SMARTS) is 1. The van der Waals surface area contributed by atoms with E-state index in [9.17, 15) is 18.3 Å². The first-order valence-corrected chi connectivity index (χ1v) is 9.68. The van der Waals surface area contributed by atoms with Gasteiger partial charge in [0, 0.05) is 24.6 Å². The Morgan fingerprint density at radius 2 is 1.56 bits per heavy atom. The lowest BCUT2D eigenvalue weighted by Crippen LogP contribution is -2.33. The van der Waals surface area contributed by atoms with Gasteiger partial charge in [-0.15, -0.1) is 0 Å². The van der Waals surface area contributed by atoms with Gasteiger partial charge in [-0.2, -0.15) is 13.2 Å². The van der Waals surface area contributed by atoms with Crippen molar-refractivity contribution in [3.05, 3.63) is 34.9 Å². The topological polar surface area (TPSA) is 88.5 Å². The number of nitrogens with zero attached hydrogens (tertiary/aromatic N) is 1. The van der Waals surface area contributed by atoms with Gasteiger partial charge in [-0.05, 0) is 53.9 Å². The highest BCUT2D eigenvalue weighted by Gasteiger charge is 2.38. The maximum Gasteiger partial charge on any atom is 0.490 e. The second-order valence-corrected chi connectivity index (χ2v) is 7.64. The summed E-state index contributed by atoms with van der Waals surface area (Å²) in [6.45, 7) is 1.83. The number of halogens is 3. The fourth-order valence-corrected chi connectivity index (χ4v) is 4.32. The van der Waals surface area contributed by atoms with E-state index in [1.54, 1.807) is 21.3 Å². The average Bonchev–Trinajstić information content (AvgIpc) is 2.73. The average molecular weight is 455 g/mol. The molecule has 2 aromatic rings. The normalized spacial score (nSPS) is 16.8. The number of aromatic hydroxyl groups is 1. The summed E-state index contributed by atoms with van der Waals surface area (Å²) < 4.78 is 48.1. The molecule has 1 aliphatic carbocycles. The molecule has 0 fully saturated rings. The quantitative estimate of drug-likeness (QED) is 0.728. The van der Waals surface area contributed by atoms with Crippen molar-refractivity contribution in [2.75, 3.05) is 34.9 Å². The minimum Gasteiger partial charge on any atom is -0.504 e. The molecule has 174 valence electrons. The number of rotatable bonds is 3. The Kier molecular flexibility index (Phi) is 6.45. The van der Waals surface area contributed by atoms with Crippen molar-refractivity contribution in [3.63, 3.8) is 0 Å². The lowest BCUT2D eigenvalue weighted by molar-refractivity contribution is -0.192. The van der Waals surface area contributed by atoms with Crippen LogP contribution < -0.4 is 14.2 Å². The Bertz CT molecular complexity index is 1040. The molecule has 2 aliphatic rings. The molecule has 1 unspecified atom stereocenters. The molecule has 32 heavy (non-hydrogen) atoms. The molecule has 0 saturated carbocycles. The van der Waals surface area contributed by atoms with Crippen LogP contribution in [0.5, 0.6) is 23.0 Å². The maximum absolute atomic E-state index is 10.9. The van der Waals surface area contributed by atoms with Crippen molar-refractivity contribution in [2.45, 2.75) is 25.1 Å². The number of hydrogen-bond donors (Lipinski definition) is 2. The van der Waals surface area contributed by atoms with Crippen LogP contribution in [0, 0.1) is 0 Å². The van der Waals surface area contributed by atoms with E-state index in [2.05, 4.69) is 11.9 Å². The summed E-state index contributed by atoms with van der Waals surface area (Å²) in [6.07, 6.45) is -4.16. The molecule has 1 atom stereocenters. The van der Waals surface area contributed by atoms with E-state index in [1.165, 1.54) is 16.7 Å². The van der Waals surface area contributed by atoms with Gasteiger partial charge >= 0.3 is 12.1 Å². The molecule has 10 heteroatoms. The first-order valence-electron chi connectivity index (χ1n) is 9.68. The van der Waals surface area contributed by atoms with Gasteiger partial charge in [-0.25, -0.2) is 4.79 Å². The molecule has 2 N–H and O–H groups in total. The number of benzene rings is 2. The summed E-state index contributed by atoms with van der Waals surface area (Å²) in [7, 11) is 7.00. The number of alkyl halides is 3. The summed E-state index contributed by atoms with van der Waals surface area (Å²) in [5, 5.41) is 18.0. The van der Waals surface area contributed by atoms with E-state index in [0.29, 0.717) is 17.4 Å². The number of likely N-dealkylation sites (N-methyl/N-ethyl adjacent to an activating group) is 1. The molecular formula is C22H24F3NO6. The predicted molar refractivity (Wildman–Crippen MR) is 110 cm³/mol. The van der Waals surface area contributed by atoms with Crippen LogP contribution >= 0.6 is 0 Å². The van der Waals surface area contributed by atoms with Gasteiger partial charge in [0.2, 0.25) is 0 Å². The number of carboxylic acids is 1. The zero-order valence-electron chi connectivity index (χ0n) is 18.0. The monoisotopic (exact) mass is 455 g/mol. The van der Waals surface area contributed by atoms with Crippen LogP contribution in [0.1, 0.15) is 22.6 Å². The van der Waals surface area contributed by atoms with Gasteiger partial charge in [0.05, 0.1) is 21.3 Å². The number of aliphatic carboxylic acids is 1. The molecule has 0 radical (unpaired) electrons. The molecule has 7 nitrogen and oxygen atoms in total. The third-order valence-electron chi connectivity index (χ3n) is 5.58. The lowest BCUT2D eigenvalue weighted by Gasteiger charge is -2.38. The zero-order valence-corrected chi connectivity index (χ0v) is 18.0. The summed E-state index contributed by atoms with van der Waals surface area (Å²) in [5.74, 6) is -0.284. The van der Waals surface area contributed by atoms with Crippen molar-refractivity contribution in [1.82, 2.24) is 4.90 Å². The minimum absolute atomic E-state index is 0.212. The third-order valence-corrected chi connectivity index (χ3v) is 5.58. The molecule has 0 aromatic heterocycles. The molecule has 2 aromatic carbocycles. The summed E-state index contributed by atoms with van der Waals surface area (Å²) in [4.78, 5) is 11.2. The van der Waals surface area contributed by atoms with Gasteiger partial charge in [-0.3, -0.25) is 0 Å². The third kappa shape index (κ3) is 4.27. The lowest BCUT2D eigenvalue weighted by atomic mass is 9.74. The van der Waals surface area contributed by atoms with Gasteiger partial charge in [0.15, 0.2) is 23.0 Å². The van der Waals surface area contributed by atoms with Crippen LogP contribution in [-0.4, -0.2) is 62.2 Å². The highest BCUT2D eigenvalue weighted by Crippen LogP contribution is 2.53. The van der Waals surface area contributed by atoms with Gasteiger partial charge < -0.3 is 29.3 Å². The van der Waals surface area contributed by atoms with E-state index in [-0.39, 0.29) is 5.75 Å². The molecule has 0 spiro atoms. The Morgan fingerprint density at radius 1 is 1.03 bits per heavy atom. The van der Waals surface area contributed by atoms with Crippen LogP contribution in [-0.2, 0) is 17.8 Å². The fourth-order valence-electron chi connectivity index (χ4n) is 4.32. The second kappa shape index (κ2) is 8.78. The van der Waals surface area contributed by atoms with E-state index in [1.807, 2.05) is 18.2 Å². The van der Waals surface area contributed by atoms with E-state index >= 15 is 0 Å². The first-order chi connectivity index (χ1) is 15.0. The first kappa shape index (κ1) is 23.5. The molecular weight excluding hydrogens is 431 g/mol. The molecule has 0 amide bonds. The maximum atomic E-state index is 10.9. The Balaban J connectivity index is 0.000000360. The van der Waals surface area contributed by atoms with Crippen molar-refractivity contribution >= 4 is 5.97 Å². The van der Waals surface area contributed by atoms with Crippen LogP contribution in [0.3, 0.4) is 0 Å². The van der Waals surface area contributed by atoms with Crippen molar-refractivity contribution in [2.24, 2.45) is 0 Å². The van der Waals surface area contributed by atoms with Crippen molar-refractivity contribution in [3.8, 4) is 34.1 Å². The second-order valence-electron chi connectivity index (χ2n) is 7.64. The van der Waals surface area contributed by atoms with E-state index in [4.69, 9.17) is 24.1 Å². The minimum atomic E-state index is -5.08. The summed E-state index contributed by atoms with van der Waals surface area (Å²) in [5.41, 5.74) is 5.53. The molecule has 1 heterocycles. The van der Waals surface area contributed by atoms with E-state index < -0.39 is 12.1 Å². The Morgan fingerprint density at radius 3 is 2.09 bits per heavy atom. The number of carbonyl (C=O) groups is 1. The van der Waals surface area contributed by atoms with Gasteiger partial charge in [-0.1, -0.05) is 0 Å². The van der Waals surface area contributed by atoms with Crippen LogP contribution in [0.4, 0.5) is 13.2 Å². The highest BCUT2D eigenvalue weighted by molar-refractivity contribution is 5.84. The van der Waals surface area contributed by atoms with Gasteiger partial charge in [0.1, 0.15) is 0 Å².